The summed E-state index contributed by atoms with van der Waals surface area (Å²) >= 11 is 0. The predicted octanol–water partition coefficient (Wildman–Crippen LogP) is 3.50. The van der Waals surface area contributed by atoms with Gasteiger partial charge in [-0.25, -0.2) is 0 Å². The number of nitrogens with zero attached hydrogens (tertiary/aromatic N) is 1. The fourth-order valence-corrected chi connectivity index (χ4v) is 2.44. The zero-order chi connectivity index (χ0) is 19.8. The highest BCUT2D eigenvalue weighted by Crippen LogP contribution is 2.16. The second kappa shape index (κ2) is 9.14. The normalized spacial score (nSPS) is 10.8. The molecule has 6 nitrogen and oxygen atoms in total. The van der Waals surface area contributed by atoms with Crippen LogP contribution in [-0.2, 0) is 4.79 Å². The average molecular weight is 373 g/mol. The number of nitrogens with one attached hydrogen (secondary N) is 2. The Morgan fingerprint density at radius 3 is 2.25 bits per heavy atom. The van der Waals surface area contributed by atoms with E-state index in [2.05, 4.69) is 15.6 Å². The molecule has 0 atom stereocenters. The van der Waals surface area contributed by atoms with Crippen LogP contribution in [0.5, 0.6) is 5.75 Å². The fraction of sp³-hybridized carbons (Fsp3) is 0.0455. The Morgan fingerprint density at radius 1 is 0.929 bits per heavy atom. The van der Waals surface area contributed by atoms with E-state index in [9.17, 15) is 9.59 Å². The van der Waals surface area contributed by atoms with Crippen molar-refractivity contribution in [2.45, 2.75) is 0 Å². The van der Waals surface area contributed by atoms with Crippen LogP contribution in [0.1, 0.15) is 15.9 Å². The molecule has 0 unspecified atom stereocenters. The minimum absolute atomic E-state index is 0.121. The van der Waals surface area contributed by atoms with Gasteiger partial charge in [0.1, 0.15) is 11.4 Å². The van der Waals surface area contributed by atoms with Crippen molar-refractivity contribution in [3.63, 3.8) is 0 Å². The molecule has 6 heteroatoms. The smallest absolute Gasteiger partial charge is 0.272 e. The molecule has 0 fully saturated rings. The maximum atomic E-state index is 12.8. The molecule has 2 aromatic carbocycles. The third-order valence-corrected chi connectivity index (χ3v) is 3.89. The lowest BCUT2D eigenvalue weighted by Crippen LogP contribution is -2.30. The molecule has 28 heavy (non-hydrogen) atoms. The third-order valence-electron chi connectivity index (χ3n) is 3.89. The van der Waals surface area contributed by atoms with Gasteiger partial charge in [0, 0.05) is 23.6 Å². The number of hydrogen-bond donors (Lipinski definition) is 2. The number of pyridine rings is 1. The van der Waals surface area contributed by atoms with E-state index in [-0.39, 0.29) is 11.6 Å². The first-order valence-corrected chi connectivity index (χ1v) is 8.59. The van der Waals surface area contributed by atoms with E-state index < -0.39 is 5.91 Å². The van der Waals surface area contributed by atoms with Crippen LogP contribution >= 0.6 is 0 Å². The molecule has 1 heterocycles. The van der Waals surface area contributed by atoms with Crippen LogP contribution in [0.4, 0.5) is 5.69 Å². The van der Waals surface area contributed by atoms with Crippen molar-refractivity contribution in [3.05, 3.63) is 95.9 Å². The summed E-state index contributed by atoms with van der Waals surface area (Å²) in [6, 6.07) is 19.1. The lowest BCUT2D eigenvalue weighted by atomic mass is 10.2. The summed E-state index contributed by atoms with van der Waals surface area (Å²) in [5.74, 6) is -0.125. The largest absolute Gasteiger partial charge is 0.497 e. The molecular formula is C22H19N3O3. The summed E-state index contributed by atoms with van der Waals surface area (Å²) in [4.78, 5) is 29.3. The molecule has 0 spiro atoms. The van der Waals surface area contributed by atoms with Gasteiger partial charge in [-0.1, -0.05) is 18.2 Å². The van der Waals surface area contributed by atoms with Crippen molar-refractivity contribution in [1.82, 2.24) is 10.3 Å². The minimum Gasteiger partial charge on any atom is -0.497 e. The number of benzene rings is 2. The molecule has 0 bridgehead atoms. The Bertz CT molecular complexity index is 969. The number of aromatic nitrogens is 1. The van der Waals surface area contributed by atoms with Crippen LogP contribution < -0.4 is 15.4 Å². The summed E-state index contributed by atoms with van der Waals surface area (Å²) < 4.78 is 5.12. The van der Waals surface area contributed by atoms with Crippen LogP contribution in [0.15, 0.2) is 84.8 Å². The highest BCUT2D eigenvalue weighted by molar-refractivity contribution is 6.10. The van der Waals surface area contributed by atoms with Crippen molar-refractivity contribution >= 4 is 23.6 Å². The summed E-state index contributed by atoms with van der Waals surface area (Å²) in [5, 5.41) is 5.47. The highest BCUT2D eigenvalue weighted by atomic mass is 16.5. The van der Waals surface area contributed by atoms with Crippen LogP contribution in [0.3, 0.4) is 0 Å². The number of carbonyl (C=O) groups excluding carboxylic acids is 2. The van der Waals surface area contributed by atoms with Crippen LogP contribution in [0.25, 0.3) is 6.08 Å². The molecule has 140 valence electrons. The molecule has 1 aromatic heterocycles. The predicted molar refractivity (Wildman–Crippen MR) is 108 cm³/mol. The Morgan fingerprint density at radius 2 is 1.61 bits per heavy atom. The van der Waals surface area contributed by atoms with Crippen molar-refractivity contribution in [2.24, 2.45) is 0 Å². The SMILES string of the molecule is COc1ccc(NC(=O)/C(=C/c2ccncc2)NC(=O)c2ccccc2)cc1. The molecule has 0 aliphatic heterocycles. The standard InChI is InChI=1S/C22H19N3O3/c1-28-19-9-7-18(8-10-19)24-22(27)20(15-16-11-13-23-14-12-16)25-21(26)17-5-3-2-4-6-17/h2-15H,1H3,(H,24,27)(H,25,26)/b20-15-. The molecular weight excluding hydrogens is 354 g/mol. The topological polar surface area (TPSA) is 80.3 Å². The van der Waals surface area contributed by atoms with Crippen molar-refractivity contribution in [3.8, 4) is 5.75 Å². The van der Waals surface area contributed by atoms with Gasteiger partial charge in [-0.2, -0.15) is 0 Å². The van der Waals surface area contributed by atoms with Gasteiger partial charge in [-0.15, -0.1) is 0 Å². The second-order valence-corrected chi connectivity index (χ2v) is 5.84. The lowest BCUT2D eigenvalue weighted by Gasteiger charge is -2.12. The van der Waals surface area contributed by atoms with Gasteiger partial charge in [-0.05, 0) is 60.2 Å². The van der Waals surface area contributed by atoms with E-state index in [1.165, 1.54) is 0 Å². The maximum Gasteiger partial charge on any atom is 0.272 e. The molecule has 0 radical (unpaired) electrons. The Kier molecular flexibility index (Phi) is 6.15. The minimum atomic E-state index is -0.439. The van der Waals surface area contributed by atoms with Gasteiger partial charge in [-0.3, -0.25) is 14.6 Å². The van der Waals surface area contributed by atoms with Gasteiger partial charge in [0.05, 0.1) is 7.11 Å². The van der Waals surface area contributed by atoms with Crippen LogP contribution in [0, 0.1) is 0 Å². The van der Waals surface area contributed by atoms with E-state index >= 15 is 0 Å². The zero-order valence-electron chi connectivity index (χ0n) is 15.3. The maximum absolute atomic E-state index is 12.8. The van der Waals surface area contributed by atoms with E-state index in [4.69, 9.17) is 4.74 Å². The summed E-state index contributed by atoms with van der Waals surface area (Å²) in [6.45, 7) is 0. The Hall–Kier alpha value is -3.93. The first-order chi connectivity index (χ1) is 13.7. The van der Waals surface area contributed by atoms with Crippen molar-refractivity contribution < 1.29 is 14.3 Å². The van der Waals surface area contributed by atoms with Gasteiger partial charge < -0.3 is 15.4 Å². The molecule has 0 aliphatic rings. The Labute approximate surface area is 162 Å². The number of methoxy groups -OCH3 is 1. The van der Waals surface area contributed by atoms with Crippen molar-refractivity contribution in [1.29, 1.82) is 0 Å². The third kappa shape index (κ3) is 5.04. The molecule has 0 aliphatic carbocycles. The van der Waals surface area contributed by atoms with Gasteiger partial charge in [0.25, 0.3) is 11.8 Å². The zero-order valence-corrected chi connectivity index (χ0v) is 15.3. The molecule has 3 rings (SSSR count). The number of amides is 2. The molecule has 2 amide bonds. The Balaban J connectivity index is 1.83. The number of anilines is 1. The number of hydrogen-bond acceptors (Lipinski definition) is 4. The van der Waals surface area contributed by atoms with Crippen molar-refractivity contribution in [2.75, 3.05) is 12.4 Å². The summed E-state index contributed by atoms with van der Waals surface area (Å²) in [7, 11) is 1.57. The number of carbonyl (C=O) groups is 2. The van der Waals surface area contributed by atoms with Crippen LogP contribution in [-0.4, -0.2) is 23.9 Å². The molecule has 2 N–H and O–H groups in total. The lowest BCUT2D eigenvalue weighted by molar-refractivity contribution is -0.113. The molecule has 3 aromatic rings. The number of ether oxygens (including phenoxy) is 1. The first kappa shape index (κ1) is 18.8. The van der Waals surface area contributed by atoms with Crippen LogP contribution in [0.2, 0.25) is 0 Å². The summed E-state index contributed by atoms with van der Waals surface area (Å²) in [5.41, 5.74) is 1.90. The molecule has 0 saturated carbocycles. The number of rotatable bonds is 6. The van der Waals surface area contributed by atoms with Gasteiger partial charge >= 0.3 is 0 Å². The fourth-order valence-electron chi connectivity index (χ4n) is 2.44. The van der Waals surface area contributed by atoms with Gasteiger partial charge in [0.2, 0.25) is 0 Å². The van der Waals surface area contributed by atoms with E-state index in [0.29, 0.717) is 17.0 Å². The van der Waals surface area contributed by atoms with Gasteiger partial charge in [0.15, 0.2) is 0 Å². The quantitative estimate of drug-likeness (QED) is 0.648. The summed E-state index contributed by atoms with van der Waals surface area (Å²) in [6.07, 6.45) is 4.83. The second-order valence-electron chi connectivity index (χ2n) is 5.84. The molecule has 0 saturated heterocycles. The first-order valence-electron chi connectivity index (χ1n) is 8.59. The van der Waals surface area contributed by atoms with E-state index in [1.807, 2.05) is 6.07 Å². The average Bonchev–Trinajstić information content (AvgIpc) is 2.75. The van der Waals surface area contributed by atoms with E-state index in [1.54, 1.807) is 86.2 Å². The van der Waals surface area contributed by atoms with E-state index in [0.717, 1.165) is 5.56 Å². The highest BCUT2D eigenvalue weighted by Gasteiger charge is 2.15. The monoisotopic (exact) mass is 373 g/mol.